The predicted octanol–water partition coefficient (Wildman–Crippen LogP) is 4.16. The van der Waals surface area contributed by atoms with Gasteiger partial charge in [-0.15, -0.1) is 0 Å². The average Bonchev–Trinajstić information content (AvgIpc) is 2.40. The molecule has 0 radical (unpaired) electrons. The maximum atomic E-state index is 6.04. The summed E-state index contributed by atoms with van der Waals surface area (Å²) in [6.45, 7) is 0. The Labute approximate surface area is 122 Å². The van der Waals surface area contributed by atoms with E-state index >= 15 is 0 Å². The van der Waals surface area contributed by atoms with Crippen molar-refractivity contribution in [2.24, 2.45) is 0 Å². The Morgan fingerprint density at radius 3 is 2.37 bits per heavy atom. The van der Waals surface area contributed by atoms with Crippen molar-refractivity contribution in [2.45, 2.75) is 0 Å². The average molecular weight is 293 g/mol. The van der Waals surface area contributed by atoms with Gasteiger partial charge in [-0.25, -0.2) is 0 Å². The van der Waals surface area contributed by atoms with Crippen molar-refractivity contribution in [3.8, 4) is 5.75 Å². The van der Waals surface area contributed by atoms with Crippen LogP contribution in [0.1, 0.15) is 0 Å². The Kier molecular flexibility index (Phi) is 4.60. The number of rotatable bonds is 3. The van der Waals surface area contributed by atoms with Crippen molar-refractivity contribution in [1.82, 2.24) is 0 Å². The van der Waals surface area contributed by atoms with E-state index in [1.54, 1.807) is 19.2 Å². The predicted molar refractivity (Wildman–Crippen MR) is 84.3 cm³/mol. The molecule has 0 saturated carbocycles. The van der Waals surface area contributed by atoms with E-state index in [4.69, 9.17) is 28.6 Å². The van der Waals surface area contributed by atoms with E-state index in [9.17, 15) is 0 Å². The summed E-state index contributed by atoms with van der Waals surface area (Å²) in [6.07, 6.45) is 0. The lowest BCUT2D eigenvalue weighted by Crippen LogP contribution is -2.18. The van der Waals surface area contributed by atoms with E-state index in [2.05, 4.69) is 10.6 Å². The molecule has 2 aromatic rings. The molecule has 2 rings (SSSR count). The van der Waals surface area contributed by atoms with Gasteiger partial charge in [-0.2, -0.15) is 0 Å². The lowest BCUT2D eigenvalue weighted by molar-refractivity contribution is 0.415. The maximum absolute atomic E-state index is 6.04. The van der Waals surface area contributed by atoms with E-state index in [1.807, 2.05) is 36.4 Å². The van der Waals surface area contributed by atoms with Crippen LogP contribution in [0.5, 0.6) is 5.75 Å². The van der Waals surface area contributed by atoms with Gasteiger partial charge in [0.05, 0.1) is 12.1 Å². The molecule has 98 valence electrons. The summed E-state index contributed by atoms with van der Waals surface area (Å²) < 4.78 is 5.09. The van der Waals surface area contributed by atoms with Crippen LogP contribution in [0.4, 0.5) is 11.4 Å². The monoisotopic (exact) mass is 292 g/mol. The van der Waals surface area contributed by atoms with Gasteiger partial charge in [-0.05, 0) is 42.5 Å². The highest BCUT2D eigenvalue weighted by molar-refractivity contribution is 7.80. The second kappa shape index (κ2) is 6.41. The van der Waals surface area contributed by atoms with Gasteiger partial charge in [0.15, 0.2) is 5.11 Å². The lowest BCUT2D eigenvalue weighted by Gasteiger charge is -2.11. The zero-order valence-corrected chi connectivity index (χ0v) is 11.9. The fourth-order valence-corrected chi connectivity index (χ4v) is 2.05. The van der Waals surface area contributed by atoms with Gasteiger partial charge in [0, 0.05) is 11.4 Å². The highest BCUT2D eigenvalue weighted by atomic mass is 35.5. The number of nitrogens with one attached hydrogen (secondary N) is 2. The number of methoxy groups -OCH3 is 1. The molecule has 0 aliphatic carbocycles. The number of halogens is 1. The quantitative estimate of drug-likeness (QED) is 0.832. The van der Waals surface area contributed by atoms with Gasteiger partial charge in [0.1, 0.15) is 5.75 Å². The third-order valence-electron chi connectivity index (χ3n) is 2.44. The summed E-state index contributed by atoms with van der Waals surface area (Å²) >= 11 is 11.3. The Morgan fingerprint density at radius 2 is 1.74 bits per heavy atom. The van der Waals surface area contributed by atoms with Crippen LogP contribution in [0.15, 0.2) is 48.5 Å². The van der Waals surface area contributed by atoms with Crippen LogP contribution >= 0.6 is 23.8 Å². The molecule has 0 aliphatic rings. The van der Waals surface area contributed by atoms with Gasteiger partial charge in [0.2, 0.25) is 0 Å². The topological polar surface area (TPSA) is 33.3 Å². The second-order valence-corrected chi connectivity index (χ2v) is 4.61. The summed E-state index contributed by atoms with van der Waals surface area (Å²) in [4.78, 5) is 0. The van der Waals surface area contributed by atoms with E-state index < -0.39 is 0 Å². The maximum Gasteiger partial charge on any atom is 0.175 e. The molecule has 19 heavy (non-hydrogen) atoms. The Balaban J connectivity index is 2.01. The molecule has 0 saturated heterocycles. The number of benzene rings is 2. The molecule has 0 spiro atoms. The second-order valence-electron chi connectivity index (χ2n) is 3.79. The third kappa shape index (κ3) is 3.84. The highest BCUT2D eigenvalue weighted by Crippen LogP contribution is 2.27. The highest BCUT2D eigenvalue weighted by Gasteiger charge is 2.03. The zero-order chi connectivity index (χ0) is 13.7. The van der Waals surface area contributed by atoms with Crippen LogP contribution < -0.4 is 15.4 Å². The van der Waals surface area contributed by atoms with Crippen LogP contribution in [-0.4, -0.2) is 12.2 Å². The van der Waals surface area contributed by atoms with Crippen molar-refractivity contribution in [3.63, 3.8) is 0 Å². The van der Waals surface area contributed by atoms with Gasteiger partial charge in [-0.3, -0.25) is 0 Å². The first-order valence-electron chi connectivity index (χ1n) is 5.65. The third-order valence-corrected chi connectivity index (χ3v) is 2.94. The lowest BCUT2D eigenvalue weighted by atomic mass is 10.3. The van der Waals surface area contributed by atoms with E-state index in [1.165, 1.54) is 0 Å². The fourth-order valence-electron chi connectivity index (χ4n) is 1.56. The number of ether oxygens (including phenoxy) is 1. The molecule has 0 aromatic heterocycles. The SMILES string of the molecule is COc1ccc(NC(=S)Nc2ccccc2)cc1Cl. The van der Waals surface area contributed by atoms with Crippen molar-refractivity contribution in [3.05, 3.63) is 53.6 Å². The van der Waals surface area contributed by atoms with Gasteiger partial charge < -0.3 is 15.4 Å². The molecule has 0 amide bonds. The summed E-state index contributed by atoms with van der Waals surface area (Å²) in [6, 6.07) is 15.1. The summed E-state index contributed by atoms with van der Waals surface area (Å²) in [7, 11) is 1.58. The minimum atomic E-state index is 0.507. The molecular formula is C14H13ClN2OS. The molecule has 0 fully saturated rings. The molecular weight excluding hydrogens is 280 g/mol. The molecule has 0 heterocycles. The molecule has 0 atom stereocenters. The molecule has 5 heteroatoms. The van der Waals surface area contributed by atoms with Crippen LogP contribution in [0, 0.1) is 0 Å². The number of para-hydroxylation sites is 1. The normalized spacial score (nSPS) is 9.79. The summed E-state index contributed by atoms with van der Waals surface area (Å²) in [5.74, 6) is 0.633. The van der Waals surface area contributed by atoms with Gasteiger partial charge in [0.25, 0.3) is 0 Å². The van der Waals surface area contributed by atoms with E-state index in [0.717, 1.165) is 11.4 Å². The zero-order valence-electron chi connectivity index (χ0n) is 10.3. The van der Waals surface area contributed by atoms with Crippen LogP contribution in [0.3, 0.4) is 0 Å². The van der Waals surface area contributed by atoms with Crippen molar-refractivity contribution in [1.29, 1.82) is 0 Å². The molecule has 2 N–H and O–H groups in total. The van der Waals surface area contributed by atoms with Crippen LogP contribution in [0.25, 0.3) is 0 Å². The minimum Gasteiger partial charge on any atom is -0.495 e. The Hall–Kier alpha value is -1.78. The van der Waals surface area contributed by atoms with Gasteiger partial charge in [-0.1, -0.05) is 29.8 Å². The first kappa shape index (κ1) is 13.6. The molecule has 3 nitrogen and oxygen atoms in total. The summed E-state index contributed by atoms with van der Waals surface area (Å²) in [5.41, 5.74) is 1.74. The minimum absolute atomic E-state index is 0.507. The van der Waals surface area contributed by atoms with Crippen molar-refractivity contribution >= 4 is 40.3 Å². The smallest absolute Gasteiger partial charge is 0.175 e. The number of hydrogen-bond donors (Lipinski definition) is 2. The number of anilines is 2. The van der Waals surface area contributed by atoms with Crippen LogP contribution in [-0.2, 0) is 0 Å². The largest absolute Gasteiger partial charge is 0.495 e. The standard InChI is InChI=1S/C14H13ClN2OS/c1-18-13-8-7-11(9-12(13)15)17-14(19)16-10-5-3-2-4-6-10/h2-9H,1H3,(H2,16,17,19). The number of thiocarbonyl (C=S) groups is 1. The molecule has 0 unspecified atom stereocenters. The van der Waals surface area contributed by atoms with Crippen molar-refractivity contribution < 1.29 is 4.74 Å². The molecule has 0 bridgehead atoms. The van der Waals surface area contributed by atoms with E-state index in [0.29, 0.717) is 15.9 Å². The first-order valence-corrected chi connectivity index (χ1v) is 6.44. The van der Waals surface area contributed by atoms with E-state index in [-0.39, 0.29) is 0 Å². The van der Waals surface area contributed by atoms with Gasteiger partial charge >= 0.3 is 0 Å². The Bertz CT molecular complexity index is 575. The summed E-state index contributed by atoms with van der Waals surface area (Å²) in [5, 5.41) is 7.19. The fraction of sp³-hybridized carbons (Fsp3) is 0.0714. The number of hydrogen-bond acceptors (Lipinski definition) is 2. The molecule has 0 aliphatic heterocycles. The van der Waals surface area contributed by atoms with Crippen molar-refractivity contribution in [2.75, 3.05) is 17.7 Å². The van der Waals surface area contributed by atoms with Crippen LogP contribution in [0.2, 0.25) is 5.02 Å². The molecule has 2 aromatic carbocycles. The first-order chi connectivity index (χ1) is 9.19. The Morgan fingerprint density at radius 1 is 1.05 bits per heavy atom.